The van der Waals surface area contributed by atoms with Gasteiger partial charge in [-0.1, -0.05) is 13.8 Å². The highest BCUT2D eigenvalue weighted by Gasteiger charge is 2.66. The zero-order chi connectivity index (χ0) is 16.9. The maximum atomic E-state index is 13.4. The van der Waals surface area contributed by atoms with E-state index in [9.17, 15) is 9.59 Å². The lowest BCUT2D eigenvalue weighted by Gasteiger charge is -2.58. The Labute approximate surface area is 144 Å². The van der Waals surface area contributed by atoms with Crippen LogP contribution in [0.5, 0.6) is 0 Å². The van der Waals surface area contributed by atoms with Gasteiger partial charge >= 0.3 is 0 Å². The molecule has 0 aromatic rings. The third-order valence-electron chi connectivity index (χ3n) is 9.08. The molecule has 5 aliphatic rings. The average molecular weight is 330 g/mol. The first-order chi connectivity index (χ1) is 11.3. The van der Waals surface area contributed by atoms with Gasteiger partial charge in [-0.2, -0.15) is 0 Å². The lowest BCUT2D eigenvalue weighted by atomic mass is 9.44. The highest BCUT2D eigenvalue weighted by molar-refractivity contribution is 5.87. The quantitative estimate of drug-likeness (QED) is 0.687. The van der Waals surface area contributed by atoms with E-state index in [1.54, 1.807) is 6.92 Å². The minimum atomic E-state index is -0.0689. The molecule has 4 saturated carbocycles. The molecular weight excluding hydrogens is 300 g/mol. The summed E-state index contributed by atoms with van der Waals surface area (Å²) in [4.78, 5) is 25.6. The van der Waals surface area contributed by atoms with Crippen LogP contribution in [0.3, 0.4) is 0 Å². The molecule has 1 aliphatic heterocycles. The highest BCUT2D eigenvalue weighted by Crippen LogP contribution is 2.67. The van der Waals surface area contributed by atoms with Crippen molar-refractivity contribution in [2.45, 2.75) is 77.9 Å². The average Bonchev–Trinajstić information content (AvgIpc) is 3.13. The van der Waals surface area contributed by atoms with Crippen molar-refractivity contribution in [2.75, 3.05) is 0 Å². The Morgan fingerprint density at radius 1 is 1.08 bits per heavy atom. The maximum absolute atomic E-state index is 13.4. The fraction of sp³-hybridized carbons (Fsp3) is 0.905. The molecule has 3 nitrogen and oxygen atoms in total. The van der Waals surface area contributed by atoms with Crippen molar-refractivity contribution < 1.29 is 14.3 Å². The van der Waals surface area contributed by atoms with Crippen LogP contribution in [0, 0.1) is 40.4 Å². The van der Waals surface area contributed by atoms with Gasteiger partial charge in [0.1, 0.15) is 11.6 Å². The topological polar surface area (TPSA) is 46.7 Å². The van der Waals surface area contributed by atoms with E-state index in [1.807, 2.05) is 0 Å². The lowest BCUT2D eigenvalue weighted by molar-refractivity contribution is -0.157. The molecule has 1 unspecified atom stereocenters. The van der Waals surface area contributed by atoms with Crippen molar-refractivity contribution in [3.05, 3.63) is 0 Å². The standard InChI is InChI=1S/C21H30O3/c1-11(22)14-6-7-15-13-5-4-12-8-17-18(24-17)10-20(12,2)19(13)16(23)9-21(14,15)3/h12-15,17-19H,4-10H2,1-3H3/t12-,13-,14+,15-,17-,18?,19+,20-,21+/m0/s1. The smallest absolute Gasteiger partial charge is 0.137 e. The molecule has 0 spiro atoms. The Morgan fingerprint density at radius 2 is 1.88 bits per heavy atom. The van der Waals surface area contributed by atoms with Gasteiger partial charge in [0.05, 0.1) is 12.2 Å². The van der Waals surface area contributed by atoms with E-state index in [1.165, 1.54) is 19.3 Å². The predicted octanol–water partition coefficient (Wildman–Crippen LogP) is 3.79. The number of rotatable bonds is 1. The van der Waals surface area contributed by atoms with E-state index in [0.29, 0.717) is 47.9 Å². The van der Waals surface area contributed by atoms with Crippen LogP contribution in [-0.4, -0.2) is 23.8 Å². The Kier molecular flexibility index (Phi) is 3.06. The number of ketones is 2. The summed E-state index contributed by atoms with van der Waals surface area (Å²) >= 11 is 0. The third-order valence-corrected chi connectivity index (χ3v) is 9.08. The van der Waals surface area contributed by atoms with Crippen molar-refractivity contribution in [3.63, 3.8) is 0 Å². The van der Waals surface area contributed by atoms with Gasteiger partial charge < -0.3 is 4.74 Å². The Morgan fingerprint density at radius 3 is 2.62 bits per heavy atom. The number of ether oxygens (including phenoxy) is 1. The van der Waals surface area contributed by atoms with Crippen LogP contribution < -0.4 is 0 Å². The number of carbonyl (C=O) groups is 2. The van der Waals surface area contributed by atoms with E-state index in [-0.39, 0.29) is 22.7 Å². The second-order valence-corrected chi connectivity index (χ2v) is 10.1. The molecule has 5 rings (SSSR count). The fourth-order valence-electron chi connectivity index (χ4n) is 8.01. The van der Waals surface area contributed by atoms with Crippen LogP contribution in [0.2, 0.25) is 0 Å². The summed E-state index contributed by atoms with van der Waals surface area (Å²) in [6, 6.07) is 0. The van der Waals surface area contributed by atoms with E-state index >= 15 is 0 Å². The Hall–Kier alpha value is -0.700. The lowest BCUT2D eigenvalue weighted by Crippen LogP contribution is -2.57. The number of epoxide rings is 1. The molecule has 0 aromatic carbocycles. The number of hydrogen-bond donors (Lipinski definition) is 0. The van der Waals surface area contributed by atoms with Crippen LogP contribution in [-0.2, 0) is 14.3 Å². The van der Waals surface area contributed by atoms with Crippen molar-refractivity contribution in [1.29, 1.82) is 0 Å². The van der Waals surface area contributed by atoms with Crippen LogP contribution in [0.1, 0.15) is 65.7 Å². The molecule has 3 heteroatoms. The molecule has 24 heavy (non-hydrogen) atoms. The van der Waals surface area contributed by atoms with Gasteiger partial charge in [-0.15, -0.1) is 0 Å². The second kappa shape index (κ2) is 4.72. The predicted molar refractivity (Wildman–Crippen MR) is 90.3 cm³/mol. The largest absolute Gasteiger partial charge is 0.370 e. The van der Waals surface area contributed by atoms with Gasteiger partial charge in [0.25, 0.3) is 0 Å². The summed E-state index contributed by atoms with van der Waals surface area (Å²) in [6.45, 7) is 6.38. The van der Waals surface area contributed by atoms with Gasteiger partial charge in [-0.3, -0.25) is 9.59 Å². The van der Waals surface area contributed by atoms with Crippen LogP contribution in [0.4, 0.5) is 0 Å². The first-order valence-corrected chi connectivity index (χ1v) is 10.0. The number of Topliss-reactive ketones (excluding diaryl/α,β-unsaturated/α-hetero) is 2. The molecule has 4 aliphatic carbocycles. The summed E-state index contributed by atoms with van der Waals surface area (Å²) in [5.41, 5.74) is 0.0773. The molecule has 0 N–H and O–H groups in total. The molecule has 0 amide bonds. The molecular formula is C21H30O3. The molecule has 5 fully saturated rings. The second-order valence-electron chi connectivity index (χ2n) is 10.1. The third kappa shape index (κ3) is 1.83. The van der Waals surface area contributed by atoms with Gasteiger partial charge in [0.2, 0.25) is 0 Å². The summed E-state index contributed by atoms with van der Waals surface area (Å²) in [7, 11) is 0. The summed E-state index contributed by atoms with van der Waals surface area (Å²) in [5, 5.41) is 0. The Balaban J connectivity index is 1.51. The van der Waals surface area contributed by atoms with Crippen LogP contribution >= 0.6 is 0 Å². The van der Waals surface area contributed by atoms with Crippen molar-refractivity contribution in [2.24, 2.45) is 40.4 Å². The fourth-order valence-corrected chi connectivity index (χ4v) is 8.01. The number of hydrogen-bond acceptors (Lipinski definition) is 3. The maximum Gasteiger partial charge on any atom is 0.137 e. The molecule has 132 valence electrons. The molecule has 0 bridgehead atoms. The molecule has 0 aromatic heterocycles. The minimum absolute atomic E-state index is 0.0689. The first-order valence-electron chi connectivity index (χ1n) is 10.0. The van der Waals surface area contributed by atoms with E-state index in [0.717, 1.165) is 19.3 Å². The first kappa shape index (κ1) is 15.5. The summed E-state index contributed by atoms with van der Waals surface area (Å²) < 4.78 is 5.85. The molecule has 1 saturated heterocycles. The van der Waals surface area contributed by atoms with E-state index in [2.05, 4.69) is 13.8 Å². The van der Waals surface area contributed by atoms with Gasteiger partial charge in [0.15, 0.2) is 0 Å². The normalized spacial score (nSPS) is 58.3. The zero-order valence-corrected chi connectivity index (χ0v) is 15.2. The highest BCUT2D eigenvalue weighted by atomic mass is 16.6. The van der Waals surface area contributed by atoms with Crippen LogP contribution in [0.25, 0.3) is 0 Å². The summed E-state index contributed by atoms with van der Waals surface area (Å²) in [6.07, 6.45) is 8.44. The van der Waals surface area contributed by atoms with Gasteiger partial charge in [-0.05, 0) is 74.0 Å². The van der Waals surface area contributed by atoms with E-state index in [4.69, 9.17) is 4.74 Å². The molecule has 0 radical (unpaired) electrons. The Bertz CT molecular complexity index is 612. The monoisotopic (exact) mass is 330 g/mol. The molecule has 9 atom stereocenters. The summed E-state index contributed by atoms with van der Waals surface area (Å²) in [5.74, 6) is 2.87. The van der Waals surface area contributed by atoms with Gasteiger partial charge in [-0.25, -0.2) is 0 Å². The van der Waals surface area contributed by atoms with Gasteiger partial charge in [0, 0.05) is 18.3 Å². The number of carbonyl (C=O) groups excluding carboxylic acids is 2. The zero-order valence-electron chi connectivity index (χ0n) is 15.2. The van der Waals surface area contributed by atoms with Crippen molar-refractivity contribution in [1.82, 2.24) is 0 Å². The van der Waals surface area contributed by atoms with Crippen molar-refractivity contribution >= 4 is 11.6 Å². The SMILES string of the molecule is CC(=O)[C@H]1CC[C@H]2[C@@H]3CC[C@H]4C[C@@H]5OC5C[C@]4(C)[C@H]3C(=O)C[C@]12C. The molecule has 1 heterocycles. The van der Waals surface area contributed by atoms with Crippen LogP contribution in [0.15, 0.2) is 0 Å². The van der Waals surface area contributed by atoms with Crippen molar-refractivity contribution in [3.8, 4) is 0 Å². The number of fused-ring (bicyclic) bond motifs is 6. The minimum Gasteiger partial charge on any atom is -0.370 e. The van der Waals surface area contributed by atoms with E-state index < -0.39 is 0 Å².